The topological polar surface area (TPSA) is 128 Å². The SMILES string of the molecule is CC#Cc1ccccc1.Cc1cc(C)n([B-](n2nc(C)cc2C)n2nc(C)cc2C)n1.O=S(=O)(O)C(F)(F)F.[C-]#[O+].[W]. The Balaban J connectivity index is 0.000000698. The summed E-state index contributed by atoms with van der Waals surface area (Å²) < 4.78 is 71.0. The molecule has 0 amide bonds. The third-order valence-corrected chi connectivity index (χ3v) is 5.71. The summed E-state index contributed by atoms with van der Waals surface area (Å²) in [4.78, 5) is 0. The van der Waals surface area contributed by atoms with E-state index in [0.29, 0.717) is 0 Å². The van der Waals surface area contributed by atoms with Gasteiger partial charge < -0.3 is 13.8 Å². The second kappa shape index (κ2) is 16.9. The van der Waals surface area contributed by atoms with Crippen molar-refractivity contribution in [2.24, 2.45) is 0 Å². The van der Waals surface area contributed by atoms with Crippen LogP contribution in [0.2, 0.25) is 0 Å². The van der Waals surface area contributed by atoms with Crippen LogP contribution in [0, 0.1) is 60.0 Å². The number of aryl methyl sites for hydroxylation is 6. The van der Waals surface area contributed by atoms with Crippen molar-refractivity contribution in [1.29, 1.82) is 0 Å². The number of hydrogen-bond acceptors (Lipinski definition) is 5. The Morgan fingerprint density at radius 2 is 1.12 bits per heavy atom. The molecular weight excluding hydrogens is 744 g/mol. The Labute approximate surface area is 258 Å². The van der Waals surface area contributed by atoms with Crippen molar-refractivity contribution in [3.63, 3.8) is 0 Å². The van der Waals surface area contributed by atoms with Crippen LogP contribution < -0.4 is 0 Å². The summed E-state index contributed by atoms with van der Waals surface area (Å²) in [7, 11) is -6.07. The number of alkyl halides is 3. The van der Waals surface area contributed by atoms with Crippen LogP contribution in [-0.2, 0) is 35.8 Å². The summed E-state index contributed by atoms with van der Waals surface area (Å²) in [5, 5.41) is 14.0. The van der Waals surface area contributed by atoms with Crippen LogP contribution in [0.25, 0.3) is 0 Å². The normalized spacial score (nSPS) is 10.4. The van der Waals surface area contributed by atoms with E-state index in [4.69, 9.17) is 17.6 Å². The fourth-order valence-electron chi connectivity index (χ4n) is 3.62. The van der Waals surface area contributed by atoms with Crippen molar-refractivity contribution < 1.29 is 51.9 Å². The quantitative estimate of drug-likeness (QED) is 0.0818. The molecule has 0 unspecified atom stereocenters. The van der Waals surface area contributed by atoms with Gasteiger partial charge in [-0.1, -0.05) is 24.1 Å². The van der Waals surface area contributed by atoms with Crippen LogP contribution in [-0.4, -0.2) is 54.7 Å². The Hall–Kier alpha value is -3.40. The van der Waals surface area contributed by atoms with Crippen molar-refractivity contribution in [3.8, 4) is 11.8 Å². The van der Waals surface area contributed by atoms with Gasteiger partial charge in [-0.3, -0.25) is 4.55 Å². The fourth-order valence-corrected chi connectivity index (χ4v) is 3.62. The molecule has 42 heavy (non-hydrogen) atoms. The van der Waals surface area contributed by atoms with Crippen LogP contribution in [0.3, 0.4) is 0 Å². The summed E-state index contributed by atoms with van der Waals surface area (Å²) in [6, 6.07) is 16.2. The molecule has 0 saturated carbocycles. The zero-order chi connectivity index (χ0) is 31.5. The molecule has 1 radical (unpaired) electrons. The monoisotopic (exact) mass is 774 g/mol. The Morgan fingerprint density at radius 1 is 0.810 bits per heavy atom. The van der Waals surface area contributed by atoms with E-state index >= 15 is 0 Å². The minimum atomic E-state index is -5.84. The van der Waals surface area contributed by atoms with E-state index in [9.17, 15) is 13.2 Å². The van der Waals surface area contributed by atoms with E-state index in [0.717, 1.165) is 39.7 Å². The van der Waals surface area contributed by atoms with Gasteiger partial charge in [-0.2, -0.15) is 21.6 Å². The summed E-state index contributed by atoms with van der Waals surface area (Å²) in [6.07, 6.45) is 0. The predicted octanol–water partition coefficient (Wildman–Crippen LogP) is 4.47. The number of rotatable bonds is 3. The van der Waals surface area contributed by atoms with Crippen LogP contribution in [0.4, 0.5) is 13.2 Å². The number of halogens is 3. The Kier molecular flexibility index (Phi) is 15.5. The second-order valence-corrected chi connectivity index (χ2v) is 10.0. The molecule has 0 fully saturated rings. The van der Waals surface area contributed by atoms with Gasteiger partial charge in [0, 0.05) is 26.6 Å². The molecule has 0 spiro atoms. The average molecular weight is 774 g/mol. The first-order valence-corrected chi connectivity index (χ1v) is 13.3. The molecule has 0 aliphatic rings. The maximum atomic E-state index is 10.7. The summed E-state index contributed by atoms with van der Waals surface area (Å²) in [5.74, 6) is 5.79. The molecule has 4 aromatic rings. The van der Waals surface area contributed by atoms with Gasteiger partial charge in [0.15, 0.2) is 0 Å². The minimum Gasteiger partial charge on any atom is 0 e. The maximum absolute atomic E-state index is 10.7. The molecule has 0 aliphatic carbocycles. The van der Waals surface area contributed by atoms with Gasteiger partial charge in [-0.25, -0.2) is 15.3 Å². The van der Waals surface area contributed by atoms with Crippen LogP contribution >= 0.6 is 0 Å². The predicted molar refractivity (Wildman–Crippen MR) is 148 cm³/mol. The third-order valence-electron chi connectivity index (χ3n) is 5.13. The van der Waals surface area contributed by atoms with E-state index in [-0.39, 0.29) is 28.2 Å². The zero-order valence-electron chi connectivity index (χ0n) is 24.0. The number of aromatic nitrogens is 6. The van der Waals surface area contributed by atoms with Gasteiger partial charge in [0.05, 0.1) is 17.1 Å². The van der Waals surface area contributed by atoms with Crippen molar-refractivity contribution in [3.05, 3.63) is 94.9 Å². The standard InChI is InChI=1S/C15H21BN6.C9H8.CHF3O3S.CO.W/c1-10-7-13(4)20(17-10)16(21-14(5)8-11(2)18-21)22-15(6)9-12(3)19-22;1-2-6-9-7-4-3-5-8-9;2-1(3,4)8(5,6)7;1-2;/h7-9H,1-6H3;3-5,7-8H,1H3;(H,5,6,7);;/q-1;;;;. The fraction of sp³-hybridized carbons (Fsp3) is 0.308. The molecule has 3 aromatic heterocycles. The molecule has 16 heteroatoms. The molecule has 0 atom stereocenters. The van der Waals surface area contributed by atoms with Crippen LogP contribution in [0.1, 0.15) is 46.7 Å². The van der Waals surface area contributed by atoms with Crippen molar-refractivity contribution in [1.82, 2.24) is 29.1 Å². The smallest absolute Gasteiger partial charge is 0 e. The van der Waals surface area contributed by atoms with E-state index in [1.54, 1.807) is 0 Å². The first-order valence-electron chi connectivity index (χ1n) is 11.9. The van der Waals surface area contributed by atoms with Gasteiger partial charge in [0.1, 0.15) is 0 Å². The van der Waals surface area contributed by atoms with Gasteiger partial charge in [0.25, 0.3) is 7.12 Å². The van der Waals surface area contributed by atoms with E-state index in [1.165, 1.54) is 0 Å². The Bertz CT molecular complexity index is 1510. The molecule has 225 valence electrons. The van der Waals surface area contributed by atoms with Gasteiger partial charge >= 0.3 is 26.9 Å². The molecule has 1 N–H and O–H groups in total. The van der Waals surface area contributed by atoms with E-state index < -0.39 is 15.6 Å². The minimum absolute atomic E-state index is 0. The number of benzene rings is 1. The van der Waals surface area contributed by atoms with Crippen molar-refractivity contribution in [2.45, 2.75) is 54.0 Å². The first-order chi connectivity index (χ1) is 19.0. The zero-order valence-corrected chi connectivity index (χ0v) is 27.8. The second-order valence-electron chi connectivity index (χ2n) is 8.62. The first kappa shape index (κ1) is 38.6. The summed E-state index contributed by atoms with van der Waals surface area (Å²) in [6.45, 7) is 18.5. The van der Waals surface area contributed by atoms with Crippen molar-refractivity contribution in [2.75, 3.05) is 0 Å². The van der Waals surface area contributed by atoms with Gasteiger partial charge in [-0.15, -0.1) is 5.92 Å². The molecule has 0 bridgehead atoms. The molecule has 0 saturated heterocycles. The van der Waals surface area contributed by atoms with Crippen LogP contribution in [0.5, 0.6) is 0 Å². The maximum Gasteiger partial charge on any atom is 0 e. The van der Waals surface area contributed by atoms with Crippen LogP contribution in [0.15, 0.2) is 48.5 Å². The number of hydrogen-bond donors (Lipinski definition) is 1. The number of nitrogens with zero attached hydrogens (tertiary/aromatic N) is 6. The molecule has 4 rings (SSSR count). The largest absolute Gasteiger partial charge is 0 e. The van der Waals surface area contributed by atoms with E-state index in [2.05, 4.69) is 72.8 Å². The molecule has 10 nitrogen and oxygen atoms in total. The van der Waals surface area contributed by atoms with E-state index in [1.807, 2.05) is 71.8 Å². The van der Waals surface area contributed by atoms with Crippen molar-refractivity contribution >= 4 is 17.2 Å². The summed E-state index contributed by atoms with van der Waals surface area (Å²) >= 11 is 0. The molecular formula is C26H30BF3N6O4SW-. The molecule has 3 heterocycles. The Morgan fingerprint density at radius 3 is 1.33 bits per heavy atom. The van der Waals surface area contributed by atoms with Gasteiger partial charge in [0.2, 0.25) is 0 Å². The molecule has 1 aromatic carbocycles. The average Bonchev–Trinajstić information content (AvgIpc) is 3.51. The molecule has 0 aliphatic heterocycles. The van der Waals surface area contributed by atoms with Gasteiger partial charge in [-0.05, 0) is 95.9 Å². The third kappa shape index (κ3) is 11.1. The summed E-state index contributed by atoms with van der Waals surface area (Å²) in [5.41, 5.74) is 1.78.